The van der Waals surface area contributed by atoms with Crippen molar-refractivity contribution >= 4 is 0 Å². The summed E-state index contributed by atoms with van der Waals surface area (Å²) in [7, 11) is 1.64. The fourth-order valence-electron chi connectivity index (χ4n) is 1.68. The largest absolute Gasteiger partial charge is 0.497 e. The second-order valence-corrected chi connectivity index (χ2v) is 4.04. The number of rotatable bonds is 6. The molecule has 1 aromatic carbocycles. The minimum Gasteiger partial charge on any atom is -0.497 e. The highest BCUT2D eigenvalue weighted by Gasteiger charge is 2.04. The van der Waals surface area contributed by atoms with E-state index in [9.17, 15) is 0 Å². The minimum absolute atomic E-state index is 0.768. The van der Waals surface area contributed by atoms with E-state index in [-0.39, 0.29) is 0 Å². The lowest BCUT2D eigenvalue weighted by Crippen LogP contribution is -2.12. The standard InChI is InChI=1S/C15H18N2O2/c1-3-16-10-12-8-9-17-11-15(12)19-14-6-4-13(18-2)5-7-14/h4-9,11,16H,3,10H2,1-2H3. The van der Waals surface area contributed by atoms with E-state index in [1.54, 1.807) is 19.5 Å². The highest BCUT2D eigenvalue weighted by atomic mass is 16.5. The van der Waals surface area contributed by atoms with Gasteiger partial charge in [-0.2, -0.15) is 0 Å². The quantitative estimate of drug-likeness (QED) is 0.865. The van der Waals surface area contributed by atoms with Crippen LogP contribution < -0.4 is 14.8 Å². The molecule has 0 spiro atoms. The summed E-state index contributed by atoms with van der Waals surface area (Å²) in [5.74, 6) is 2.35. The van der Waals surface area contributed by atoms with Crippen LogP contribution in [-0.2, 0) is 6.54 Å². The van der Waals surface area contributed by atoms with Crippen molar-refractivity contribution in [2.24, 2.45) is 0 Å². The number of pyridine rings is 1. The molecule has 4 heteroatoms. The number of benzene rings is 1. The van der Waals surface area contributed by atoms with Crippen LogP contribution in [0.25, 0.3) is 0 Å². The first-order valence-electron chi connectivity index (χ1n) is 6.29. The first kappa shape index (κ1) is 13.4. The average Bonchev–Trinajstić information content (AvgIpc) is 2.47. The summed E-state index contributed by atoms with van der Waals surface area (Å²) in [5.41, 5.74) is 1.09. The second-order valence-electron chi connectivity index (χ2n) is 4.04. The van der Waals surface area contributed by atoms with E-state index in [1.807, 2.05) is 30.3 Å². The minimum atomic E-state index is 0.768. The van der Waals surface area contributed by atoms with Gasteiger partial charge in [-0.25, -0.2) is 0 Å². The Labute approximate surface area is 113 Å². The molecule has 0 unspecified atom stereocenters. The Bertz CT molecular complexity index is 512. The molecule has 2 aromatic rings. The van der Waals surface area contributed by atoms with Crippen LogP contribution in [0, 0.1) is 0 Å². The van der Waals surface area contributed by atoms with Crippen molar-refractivity contribution in [3.63, 3.8) is 0 Å². The van der Waals surface area contributed by atoms with Crippen molar-refractivity contribution in [2.45, 2.75) is 13.5 Å². The molecular formula is C15H18N2O2. The van der Waals surface area contributed by atoms with Crippen LogP contribution in [0.15, 0.2) is 42.7 Å². The van der Waals surface area contributed by atoms with Crippen molar-refractivity contribution in [2.75, 3.05) is 13.7 Å². The maximum absolute atomic E-state index is 5.85. The van der Waals surface area contributed by atoms with Gasteiger partial charge in [0.1, 0.15) is 17.2 Å². The first-order valence-corrected chi connectivity index (χ1v) is 6.29. The van der Waals surface area contributed by atoms with Crippen LogP contribution in [-0.4, -0.2) is 18.6 Å². The summed E-state index contributed by atoms with van der Waals surface area (Å²) in [6, 6.07) is 9.46. The molecular weight excluding hydrogens is 240 g/mol. The third-order valence-corrected chi connectivity index (χ3v) is 2.72. The van der Waals surface area contributed by atoms with Gasteiger partial charge >= 0.3 is 0 Å². The number of hydrogen-bond acceptors (Lipinski definition) is 4. The predicted molar refractivity (Wildman–Crippen MR) is 74.7 cm³/mol. The number of hydrogen-bond donors (Lipinski definition) is 1. The molecule has 0 bridgehead atoms. The SMILES string of the molecule is CCNCc1ccncc1Oc1ccc(OC)cc1. The number of nitrogens with zero attached hydrogens (tertiary/aromatic N) is 1. The summed E-state index contributed by atoms with van der Waals surface area (Å²) in [6.45, 7) is 3.76. The van der Waals surface area contributed by atoms with Gasteiger partial charge in [-0.3, -0.25) is 4.98 Å². The number of aromatic nitrogens is 1. The molecule has 0 amide bonds. The molecule has 0 aliphatic heterocycles. The van der Waals surface area contributed by atoms with E-state index >= 15 is 0 Å². The van der Waals surface area contributed by atoms with Gasteiger partial charge in [0, 0.05) is 18.3 Å². The average molecular weight is 258 g/mol. The van der Waals surface area contributed by atoms with Crippen LogP contribution in [0.1, 0.15) is 12.5 Å². The number of nitrogens with one attached hydrogen (secondary N) is 1. The van der Waals surface area contributed by atoms with Crippen molar-refractivity contribution in [1.82, 2.24) is 10.3 Å². The molecule has 1 aromatic heterocycles. The van der Waals surface area contributed by atoms with Gasteiger partial charge in [0.05, 0.1) is 13.3 Å². The van der Waals surface area contributed by atoms with Crippen LogP contribution in [0.2, 0.25) is 0 Å². The molecule has 0 saturated heterocycles. The maximum Gasteiger partial charge on any atom is 0.150 e. The van der Waals surface area contributed by atoms with Crippen molar-refractivity contribution in [1.29, 1.82) is 0 Å². The normalized spacial score (nSPS) is 10.2. The van der Waals surface area contributed by atoms with Gasteiger partial charge < -0.3 is 14.8 Å². The Morgan fingerprint density at radius 2 is 1.84 bits per heavy atom. The van der Waals surface area contributed by atoms with Crippen molar-refractivity contribution < 1.29 is 9.47 Å². The van der Waals surface area contributed by atoms with Gasteiger partial charge in [-0.1, -0.05) is 6.92 Å². The Morgan fingerprint density at radius 3 is 2.53 bits per heavy atom. The molecule has 4 nitrogen and oxygen atoms in total. The molecule has 1 heterocycles. The van der Waals surface area contributed by atoms with Gasteiger partial charge in [-0.05, 0) is 36.9 Å². The zero-order valence-electron chi connectivity index (χ0n) is 11.2. The molecule has 2 rings (SSSR count). The van der Waals surface area contributed by atoms with Gasteiger partial charge in [-0.15, -0.1) is 0 Å². The summed E-state index contributed by atoms with van der Waals surface area (Å²) in [6.07, 6.45) is 3.50. The summed E-state index contributed by atoms with van der Waals surface area (Å²) in [5, 5.41) is 3.28. The predicted octanol–water partition coefficient (Wildman–Crippen LogP) is 2.99. The van der Waals surface area contributed by atoms with E-state index in [4.69, 9.17) is 9.47 Å². The number of ether oxygens (including phenoxy) is 2. The molecule has 0 atom stereocenters. The lowest BCUT2D eigenvalue weighted by Gasteiger charge is -2.11. The monoisotopic (exact) mass is 258 g/mol. The highest BCUT2D eigenvalue weighted by Crippen LogP contribution is 2.25. The van der Waals surface area contributed by atoms with Gasteiger partial charge in [0.25, 0.3) is 0 Å². The van der Waals surface area contributed by atoms with E-state index < -0.39 is 0 Å². The molecule has 0 saturated carbocycles. The Morgan fingerprint density at radius 1 is 1.11 bits per heavy atom. The molecule has 0 radical (unpaired) electrons. The van der Waals surface area contributed by atoms with Crippen LogP contribution >= 0.6 is 0 Å². The highest BCUT2D eigenvalue weighted by molar-refractivity contribution is 5.37. The Balaban J connectivity index is 2.12. The fraction of sp³-hybridized carbons (Fsp3) is 0.267. The van der Waals surface area contributed by atoms with Crippen LogP contribution in [0.5, 0.6) is 17.2 Å². The molecule has 0 aliphatic carbocycles. The molecule has 0 fully saturated rings. The third kappa shape index (κ3) is 3.69. The van der Waals surface area contributed by atoms with Crippen molar-refractivity contribution in [3.8, 4) is 17.2 Å². The summed E-state index contributed by atoms with van der Waals surface area (Å²) >= 11 is 0. The Kier molecular flexibility index (Phi) is 4.75. The zero-order chi connectivity index (χ0) is 13.5. The lowest BCUT2D eigenvalue weighted by atomic mass is 10.2. The van der Waals surface area contributed by atoms with E-state index in [0.29, 0.717) is 0 Å². The molecule has 19 heavy (non-hydrogen) atoms. The summed E-state index contributed by atoms with van der Waals surface area (Å²) in [4.78, 5) is 4.11. The van der Waals surface area contributed by atoms with Gasteiger partial charge in [0.15, 0.2) is 0 Å². The van der Waals surface area contributed by atoms with E-state index in [0.717, 1.165) is 35.9 Å². The zero-order valence-corrected chi connectivity index (χ0v) is 11.2. The van der Waals surface area contributed by atoms with Gasteiger partial charge in [0.2, 0.25) is 0 Å². The fourth-order valence-corrected chi connectivity index (χ4v) is 1.68. The van der Waals surface area contributed by atoms with E-state index in [2.05, 4.69) is 17.2 Å². The van der Waals surface area contributed by atoms with Crippen molar-refractivity contribution in [3.05, 3.63) is 48.3 Å². The van der Waals surface area contributed by atoms with Crippen LogP contribution in [0.4, 0.5) is 0 Å². The smallest absolute Gasteiger partial charge is 0.150 e. The first-order chi connectivity index (χ1) is 9.33. The molecule has 100 valence electrons. The third-order valence-electron chi connectivity index (χ3n) is 2.72. The second kappa shape index (κ2) is 6.75. The molecule has 0 aliphatic rings. The maximum atomic E-state index is 5.85. The van der Waals surface area contributed by atoms with Crippen LogP contribution in [0.3, 0.4) is 0 Å². The molecule has 1 N–H and O–H groups in total. The summed E-state index contributed by atoms with van der Waals surface area (Å²) < 4.78 is 11.0. The number of methoxy groups -OCH3 is 1. The van der Waals surface area contributed by atoms with E-state index in [1.165, 1.54) is 0 Å². The lowest BCUT2D eigenvalue weighted by molar-refractivity contribution is 0.412. The topological polar surface area (TPSA) is 43.4 Å². The Hall–Kier alpha value is -2.07.